The quantitative estimate of drug-likeness (QED) is 0.453. The summed E-state index contributed by atoms with van der Waals surface area (Å²) in [4.78, 5) is 27.3. The highest BCUT2D eigenvalue weighted by atomic mass is 32.1. The number of hydrogen-bond donors (Lipinski definition) is 3. The summed E-state index contributed by atoms with van der Waals surface area (Å²) in [6.45, 7) is 7.39. The zero-order valence-corrected chi connectivity index (χ0v) is 17.0. The number of amides is 2. The number of aromatic amines is 1. The van der Waals surface area contributed by atoms with Gasteiger partial charge in [0.1, 0.15) is 5.01 Å². The summed E-state index contributed by atoms with van der Waals surface area (Å²) in [5.74, 6) is -0.461. The molecule has 0 spiro atoms. The number of anilines is 1. The molecule has 0 aliphatic rings. The van der Waals surface area contributed by atoms with Gasteiger partial charge in [0.15, 0.2) is 0 Å². The van der Waals surface area contributed by atoms with Crippen LogP contribution < -0.4 is 10.7 Å². The van der Waals surface area contributed by atoms with E-state index in [-0.39, 0.29) is 18.2 Å². The fraction of sp³-hybridized carbons (Fsp3) is 0.316. The van der Waals surface area contributed by atoms with Gasteiger partial charge in [0.2, 0.25) is 16.9 Å². The van der Waals surface area contributed by atoms with E-state index in [1.165, 1.54) is 11.3 Å². The van der Waals surface area contributed by atoms with E-state index in [0.717, 1.165) is 22.2 Å². The van der Waals surface area contributed by atoms with Crippen LogP contribution in [0.15, 0.2) is 29.4 Å². The Bertz CT molecular complexity index is 1040. The van der Waals surface area contributed by atoms with Crippen molar-refractivity contribution in [3.8, 4) is 0 Å². The summed E-state index contributed by atoms with van der Waals surface area (Å²) in [6.07, 6.45) is 1.66. The fourth-order valence-electron chi connectivity index (χ4n) is 2.47. The highest BCUT2D eigenvalue weighted by Gasteiger charge is 2.22. The van der Waals surface area contributed by atoms with Gasteiger partial charge in [0.05, 0.1) is 12.6 Å². The summed E-state index contributed by atoms with van der Waals surface area (Å²) in [7, 11) is 0. The number of carbonyl (C=O) groups is 2. The SMILES string of the molecule is Cc1[nH]c2ccccc2c1/C=N\NC(=O)Cc1nnc(NC(=O)C(C)(C)C)s1. The lowest BCUT2D eigenvalue weighted by Crippen LogP contribution is -2.27. The number of aromatic nitrogens is 3. The highest BCUT2D eigenvalue weighted by Crippen LogP contribution is 2.21. The lowest BCUT2D eigenvalue weighted by atomic mass is 9.96. The first-order valence-electron chi connectivity index (χ1n) is 8.77. The van der Waals surface area contributed by atoms with E-state index in [0.29, 0.717) is 10.1 Å². The number of benzene rings is 1. The van der Waals surface area contributed by atoms with Gasteiger partial charge >= 0.3 is 0 Å². The molecule has 146 valence electrons. The van der Waals surface area contributed by atoms with Crippen molar-refractivity contribution in [2.75, 3.05) is 5.32 Å². The summed E-state index contributed by atoms with van der Waals surface area (Å²) in [6, 6.07) is 7.90. The third-order valence-corrected chi connectivity index (χ3v) is 4.85. The number of carbonyl (C=O) groups excluding carboxylic acids is 2. The van der Waals surface area contributed by atoms with Gasteiger partial charge in [-0.25, -0.2) is 5.43 Å². The first kappa shape index (κ1) is 19.7. The lowest BCUT2D eigenvalue weighted by molar-refractivity contribution is -0.123. The second-order valence-corrected chi connectivity index (χ2v) is 8.45. The van der Waals surface area contributed by atoms with Crippen LogP contribution in [-0.4, -0.2) is 33.2 Å². The fourth-order valence-corrected chi connectivity index (χ4v) is 3.20. The van der Waals surface area contributed by atoms with Crippen molar-refractivity contribution < 1.29 is 9.59 Å². The molecular weight excluding hydrogens is 376 g/mol. The molecule has 3 rings (SSSR count). The standard InChI is InChI=1S/C19H22N6O2S/c1-11-13(12-7-5-6-8-14(12)21-11)10-20-23-15(26)9-16-24-25-18(28-16)22-17(27)19(2,3)4/h5-8,10,21H,9H2,1-4H3,(H,23,26)(H,22,25,27)/b20-10-. The predicted molar refractivity (Wildman–Crippen MR) is 110 cm³/mol. The van der Waals surface area contributed by atoms with E-state index < -0.39 is 5.41 Å². The molecule has 2 amide bonds. The van der Waals surface area contributed by atoms with Crippen molar-refractivity contribution in [1.82, 2.24) is 20.6 Å². The summed E-state index contributed by atoms with van der Waals surface area (Å²) in [5.41, 5.74) is 4.90. The molecule has 0 bridgehead atoms. The molecule has 0 saturated heterocycles. The number of fused-ring (bicyclic) bond motifs is 1. The Morgan fingerprint density at radius 1 is 1.25 bits per heavy atom. The molecule has 0 aliphatic carbocycles. The Kier molecular flexibility index (Phi) is 5.55. The topological polar surface area (TPSA) is 112 Å². The van der Waals surface area contributed by atoms with Crippen LogP contribution in [-0.2, 0) is 16.0 Å². The minimum atomic E-state index is -0.529. The van der Waals surface area contributed by atoms with Crippen LogP contribution >= 0.6 is 11.3 Å². The Hall–Kier alpha value is -3.07. The first-order valence-corrected chi connectivity index (χ1v) is 9.59. The maximum absolute atomic E-state index is 12.1. The first-order chi connectivity index (χ1) is 13.2. The molecule has 0 saturated carbocycles. The number of H-pyrrole nitrogens is 1. The molecule has 3 N–H and O–H groups in total. The largest absolute Gasteiger partial charge is 0.358 e. The van der Waals surface area contributed by atoms with Crippen molar-refractivity contribution in [2.45, 2.75) is 34.1 Å². The molecule has 0 radical (unpaired) electrons. The van der Waals surface area contributed by atoms with Crippen molar-refractivity contribution in [3.05, 3.63) is 40.5 Å². The van der Waals surface area contributed by atoms with Gasteiger partial charge in [-0.1, -0.05) is 50.3 Å². The summed E-state index contributed by atoms with van der Waals surface area (Å²) < 4.78 is 0. The average molecular weight is 398 g/mol. The van der Waals surface area contributed by atoms with Gasteiger partial charge in [-0.05, 0) is 13.0 Å². The molecule has 1 aromatic carbocycles. The number of nitrogens with one attached hydrogen (secondary N) is 3. The molecule has 0 unspecified atom stereocenters. The maximum Gasteiger partial charge on any atom is 0.247 e. The number of nitrogens with zero attached hydrogens (tertiary/aromatic N) is 3. The third kappa shape index (κ3) is 4.61. The van der Waals surface area contributed by atoms with Crippen LogP contribution in [0.3, 0.4) is 0 Å². The summed E-state index contributed by atoms with van der Waals surface area (Å²) in [5, 5.41) is 16.5. The van der Waals surface area contributed by atoms with Crippen LogP contribution in [0.25, 0.3) is 10.9 Å². The highest BCUT2D eigenvalue weighted by molar-refractivity contribution is 7.15. The van der Waals surface area contributed by atoms with Gasteiger partial charge in [-0.15, -0.1) is 10.2 Å². The monoisotopic (exact) mass is 398 g/mol. The van der Waals surface area contributed by atoms with E-state index in [2.05, 4.69) is 31.0 Å². The predicted octanol–water partition coefficient (Wildman–Crippen LogP) is 3.01. The van der Waals surface area contributed by atoms with E-state index >= 15 is 0 Å². The number of hydrogen-bond acceptors (Lipinski definition) is 6. The smallest absolute Gasteiger partial charge is 0.247 e. The van der Waals surface area contributed by atoms with Gasteiger partial charge in [0.25, 0.3) is 0 Å². The number of para-hydroxylation sites is 1. The molecule has 28 heavy (non-hydrogen) atoms. The van der Waals surface area contributed by atoms with Crippen LogP contribution in [0.1, 0.15) is 37.0 Å². The van der Waals surface area contributed by atoms with Crippen molar-refractivity contribution in [3.63, 3.8) is 0 Å². The lowest BCUT2D eigenvalue weighted by Gasteiger charge is -2.15. The normalized spacial score (nSPS) is 11.9. The molecule has 8 nitrogen and oxygen atoms in total. The third-order valence-electron chi connectivity index (χ3n) is 4.01. The van der Waals surface area contributed by atoms with Gasteiger partial charge in [0, 0.05) is 27.6 Å². The molecule has 2 aromatic heterocycles. The molecule has 3 aromatic rings. The Morgan fingerprint density at radius 3 is 2.75 bits per heavy atom. The van der Waals surface area contributed by atoms with Gasteiger partial charge in [-0.3, -0.25) is 9.59 Å². The molecule has 0 atom stereocenters. The van der Waals surface area contributed by atoms with Gasteiger partial charge in [-0.2, -0.15) is 5.10 Å². The molecule has 0 aliphatic heterocycles. The van der Waals surface area contributed by atoms with Crippen LogP contribution in [0.2, 0.25) is 0 Å². The zero-order chi connectivity index (χ0) is 20.3. The van der Waals surface area contributed by atoms with Crippen molar-refractivity contribution in [2.24, 2.45) is 10.5 Å². The Morgan fingerprint density at radius 2 is 2.00 bits per heavy atom. The second kappa shape index (κ2) is 7.89. The van der Waals surface area contributed by atoms with E-state index in [9.17, 15) is 9.59 Å². The Balaban J connectivity index is 1.58. The van der Waals surface area contributed by atoms with E-state index in [1.807, 2.05) is 52.0 Å². The number of aryl methyl sites for hydroxylation is 1. The van der Waals surface area contributed by atoms with Crippen LogP contribution in [0.4, 0.5) is 5.13 Å². The summed E-state index contributed by atoms with van der Waals surface area (Å²) >= 11 is 1.17. The molecule has 0 fully saturated rings. The second-order valence-electron chi connectivity index (χ2n) is 7.38. The van der Waals surface area contributed by atoms with Crippen molar-refractivity contribution >= 4 is 45.4 Å². The zero-order valence-electron chi connectivity index (χ0n) is 16.2. The van der Waals surface area contributed by atoms with Gasteiger partial charge < -0.3 is 10.3 Å². The molecule has 9 heteroatoms. The van der Waals surface area contributed by atoms with Crippen LogP contribution in [0, 0.1) is 12.3 Å². The van der Waals surface area contributed by atoms with E-state index in [4.69, 9.17) is 0 Å². The number of rotatable bonds is 5. The minimum absolute atomic E-state index is 0.0350. The maximum atomic E-state index is 12.1. The Labute approximate surface area is 166 Å². The van der Waals surface area contributed by atoms with Crippen LogP contribution in [0.5, 0.6) is 0 Å². The number of hydrazone groups is 1. The molecule has 2 heterocycles. The minimum Gasteiger partial charge on any atom is -0.358 e. The van der Waals surface area contributed by atoms with E-state index in [1.54, 1.807) is 6.21 Å². The van der Waals surface area contributed by atoms with Crippen molar-refractivity contribution in [1.29, 1.82) is 0 Å². The average Bonchev–Trinajstić information content (AvgIpc) is 3.18. The molecular formula is C19H22N6O2S.